The van der Waals surface area contributed by atoms with Crippen LogP contribution in [0.4, 0.5) is 0 Å². The van der Waals surface area contributed by atoms with E-state index in [1.54, 1.807) is 0 Å². The zero-order valence-electron chi connectivity index (χ0n) is 5.58. The van der Waals surface area contributed by atoms with Gasteiger partial charge < -0.3 is 10.8 Å². The van der Waals surface area contributed by atoms with Gasteiger partial charge in [0.05, 0.1) is 18.1 Å². The fourth-order valence-electron chi connectivity index (χ4n) is 1.16. The molecule has 10 heavy (non-hydrogen) atoms. The smallest absolute Gasteiger partial charge is 0.151 e. The Hall–Kier alpha value is -0.130. The van der Waals surface area contributed by atoms with Crippen molar-refractivity contribution in [3.8, 4) is 0 Å². The first-order chi connectivity index (χ1) is 4.54. The molecule has 1 aliphatic rings. The lowest BCUT2D eigenvalue weighted by molar-refractivity contribution is 0.157. The molecule has 0 aromatic heterocycles. The van der Waals surface area contributed by atoms with Gasteiger partial charge in [-0.3, -0.25) is 0 Å². The number of aliphatic hydroxyl groups is 1. The maximum absolute atomic E-state index is 10.7. The van der Waals surface area contributed by atoms with Crippen LogP contribution in [0.3, 0.4) is 0 Å². The molecule has 0 aliphatic carbocycles. The Labute approximate surface area is 60.0 Å². The fourth-order valence-corrected chi connectivity index (χ4v) is 3.36. The SMILES string of the molecule is NCC1(CO)CS(=O)(=O)C1. The molecule has 1 fully saturated rings. The maximum atomic E-state index is 10.7. The van der Waals surface area contributed by atoms with E-state index in [1.165, 1.54) is 0 Å². The van der Waals surface area contributed by atoms with E-state index >= 15 is 0 Å². The number of rotatable bonds is 2. The molecule has 0 amide bonds. The van der Waals surface area contributed by atoms with E-state index in [4.69, 9.17) is 10.8 Å². The zero-order valence-corrected chi connectivity index (χ0v) is 6.39. The lowest BCUT2D eigenvalue weighted by Gasteiger charge is -2.38. The molecule has 0 spiro atoms. The Bertz CT molecular complexity index is 203. The van der Waals surface area contributed by atoms with Crippen molar-refractivity contribution in [1.29, 1.82) is 0 Å². The average molecular weight is 165 g/mol. The van der Waals surface area contributed by atoms with Gasteiger partial charge in [0.1, 0.15) is 0 Å². The molecular formula is C5H11NO3S. The van der Waals surface area contributed by atoms with E-state index in [0.717, 1.165) is 0 Å². The Morgan fingerprint density at radius 1 is 1.50 bits per heavy atom. The summed E-state index contributed by atoms with van der Waals surface area (Å²) in [5.74, 6) is 0.0972. The molecule has 1 rings (SSSR count). The zero-order chi connectivity index (χ0) is 7.83. The molecular weight excluding hydrogens is 154 g/mol. The Balaban J connectivity index is 2.63. The van der Waals surface area contributed by atoms with Gasteiger partial charge in [0, 0.05) is 12.0 Å². The molecule has 4 nitrogen and oxygen atoms in total. The molecule has 0 aromatic carbocycles. The summed E-state index contributed by atoms with van der Waals surface area (Å²) >= 11 is 0. The topological polar surface area (TPSA) is 80.4 Å². The summed E-state index contributed by atoms with van der Waals surface area (Å²) in [5.41, 5.74) is 4.76. The third-order valence-corrected chi connectivity index (χ3v) is 3.93. The van der Waals surface area contributed by atoms with Gasteiger partial charge in [0.25, 0.3) is 0 Å². The third kappa shape index (κ3) is 1.16. The van der Waals surface area contributed by atoms with Crippen LogP contribution in [0.5, 0.6) is 0 Å². The van der Waals surface area contributed by atoms with Crippen LogP contribution in [-0.2, 0) is 9.84 Å². The molecule has 0 bridgehead atoms. The highest BCUT2D eigenvalue weighted by molar-refractivity contribution is 7.92. The highest BCUT2D eigenvalue weighted by Crippen LogP contribution is 2.30. The van der Waals surface area contributed by atoms with E-state index in [-0.39, 0.29) is 24.7 Å². The van der Waals surface area contributed by atoms with Crippen LogP contribution >= 0.6 is 0 Å². The monoisotopic (exact) mass is 165 g/mol. The largest absolute Gasteiger partial charge is 0.396 e. The summed E-state index contributed by atoms with van der Waals surface area (Å²) in [5, 5.41) is 8.72. The van der Waals surface area contributed by atoms with E-state index in [1.807, 2.05) is 0 Å². The van der Waals surface area contributed by atoms with Gasteiger partial charge >= 0.3 is 0 Å². The average Bonchev–Trinajstić information content (AvgIpc) is 1.82. The lowest BCUT2D eigenvalue weighted by atomic mass is 9.94. The lowest BCUT2D eigenvalue weighted by Crippen LogP contribution is -2.55. The first kappa shape index (κ1) is 7.97. The highest BCUT2D eigenvalue weighted by Gasteiger charge is 2.46. The number of sulfone groups is 1. The predicted molar refractivity (Wildman–Crippen MR) is 37.2 cm³/mol. The van der Waals surface area contributed by atoms with Crippen molar-refractivity contribution in [2.45, 2.75) is 0 Å². The van der Waals surface area contributed by atoms with Gasteiger partial charge in [0.15, 0.2) is 9.84 Å². The van der Waals surface area contributed by atoms with Gasteiger partial charge in [-0.15, -0.1) is 0 Å². The van der Waals surface area contributed by atoms with Crippen molar-refractivity contribution < 1.29 is 13.5 Å². The molecule has 3 N–H and O–H groups in total. The fraction of sp³-hybridized carbons (Fsp3) is 1.00. The number of hydrogen-bond acceptors (Lipinski definition) is 4. The molecule has 1 heterocycles. The van der Waals surface area contributed by atoms with Gasteiger partial charge in [-0.05, 0) is 0 Å². The Kier molecular flexibility index (Phi) is 1.74. The molecule has 60 valence electrons. The summed E-state index contributed by atoms with van der Waals surface area (Å²) in [6.07, 6.45) is 0. The molecule has 0 atom stereocenters. The molecule has 0 aromatic rings. The standard InChI is InChI=1S/C5H11NO3S/c6-1-5(2-7)3-10(8,9)4-5/h7H,1-4,6H2. The van der Waals surface area contributed by atoms with E-state index in [2.05, 4.69) is 0 Å². The van der Waals surface area contributed by atoms with Crippen LogP contribution in [0.1, 0.15) is 0 Å². The number of hydrogen-bond donors (Lipinski definition) is 2. The predicted octanol–water partition coefficient (Wildman–Crippen LogP) is -1.65. The molecule has 0 radical (unpaired) electrons. The normalized spacial score (nSPS) is 27.4. The molecule has 1 aliphatic heterocycles. The number of nitrogens with two attached hydrogens (primary N) is 1. The van der Waals surface area contributed by atoms with E-state index in [0.29, 0.717) is 0 Å². The van der Waals surface area contributed by atoms with Crippen LogP contribution in [-0.4, -0.2) is 38.2 Å². The first-order valence-corrected chi connectivity index (χ1v) is 4.87. The summed E-state index contributed by atoms with van der Waals surface area (Å²) in [6, 6.07) is 0. The van der Waals surface area contributed by atoms with E-state index in [9.17, 15) is 8.42 Å². The van der Waals surface area contributed by atoms with Crippen molar-refractivity contribution in [3.05, 3.63) is 0 Å². The summed E-state index contributed by atoms with van der Waals surface area (Å²) < 4.78 is 21.3. The Morgan fingerprint density at radius 2 is 2.00 bits per heavy atom. The third-order valence-electron chi connectivity index (χ3n) is 1.82. The summed E-state index contributed by atoms with van der Waals surface area (Å²) in [6.45, 7) is 0.130. The molecule has 5 heteroatoms. The second-order valence-corrected chi connectivity index (χ2v) is 4.96. The van der Waals surface area contributed by atoms with Crippen molar-refractivity contribution in [2.75, 3.05) is 24.7 Å². The number of aliphatic hydroxyl groups excluding tert-OH is 1. The van der Waals surface area contributed by atoms with Crippen molar-refractivity contribution in [3.63, 3.8) is 0 Å². The van der Waals surface area contributed by atoms with Crippen LogP contribution in [0.15, 0.2) is 0 Å². The van der Waals surface area contributed by atoms with E-state index < -0.39 is 15.3 Å². The Morgan fingerprint density at radius 3 is 2.10 bits per heavy atom. The van der Waals surface area contributed by atoms with Crippen molar-refractivity contribution >= 4 is 9.84 Å². The second-order valence-electron chi connectivity index (χ2n) is 2.89. The molecule has 1 saturated heterocycles. The van der Waals surface area contributed by atoms with Crippen LogP contribution in [0, 0.1) is 5.41 Å². The second kappa shape index (κ2) is 2.18. The van der Waals surface area contributed by atoms with Crippen LogP contribution in [0.2, 0.25) is 0 Å². The van der Waals surface area contributed by atoms with Gasteiger partial charge in [0.2, 0.25) is 0 Å². The van der Waals surface area contributed by atoms with Crippen molar-refractivity contribution in [1.82, 2.24) is 0 Å². The summed E-state index contributed by atoms with van der Waals surface area (Å²) in [4.78, 5) is 0. The maximum Gasteiger partial charge on any atom is 0.151 e. The summed E-state index contributed by atoms with van der Waals surface area (Å²) in [7, 11) is -2.85. The quantitative estimate of drug-likeness (QED) is 0.514. The highest BCUT2D eigenvalue weighted by atomic mass is 32.2. The van der Waals surface area contributed by atoms with Crippen LogP contribution in [0.25, 0.3) is 0 Å². The minimum atomic E-state index is -2.85. The van der Waals surface area contributed by atoms with Gasteiger partial charge in [-0.1, -0.05) is 0 Å². The van der Waals surface area contributed by atoms with Gasteiger partial charge in [-0.2, -0.15) is 0 Å². The molecule has 0 saturated carbocycles. The van der Waals surface area contributed by atoms with Gasteiger partial charge in [-0.25, -0.2) is 8.42 Å². The van der Waals surface area contributed by atoms with Crippen LogP contribution < -0.4 is 5.73 Å². The molecule has 0 unspecified atom stereocenters. The van der Waals surface area contributed by atoms with Crippen molar-refractivity contribution in [2.24, 2.45) is 11.1 Å². The minimum Gasteiger partial charge on any atom is -0.396 e. The minimum absolute atomic E-state index is 0.0486. The first-order valence-electron chi connectivity index (χ1n) is 3.05.